The molecular weight excluding hydrogens is 337 g/mol. The summed E-state index contributed by atoms with van der Waals surface area (Å²) in [5.41, 5.74) is 2.27. The van der Waals surface area contributed by atoms with Crippen molar-refractivity contribution in [2.75, 3.05) is 13.4 Å². The van der Waals surface area contributed by atoms with Crippen molar-refractivity contribution in [2.45, 2.75) is 20.0 Å². The van der Waals surface area contributed by atoms with Crippen molar-refractivity contribution < 1.29 is 26.6 Å². The van der Waals surface area contributed by atoms with Crippen molar-refractivity contribution in [3.8, 4) is 17.2 Å². The SMILES string of the molecule is CCOc1ccc(CNCc2ccc3c(c2)OCO3)cc1Cl.[Cl-]. The monoisotopic (exact) mass is 354 g/mol. The van der Waals surface area contributed by atoms with Gasteiger partial charge < -0.3 is 31.9 Å². The number of nitrogens with one attached hydrogen (secondary N) is 1. The summed E-state index contributed by atoms with van der Waals surface area (Å²) < 4.78 is 16.1. The third-order valence-corrected chi connectivity index (χ3v) is 3.69. The van der Waals surface area contributed by atoms with E-state index in [4.69, 9.17) is 25.8 Å². The van der Waals surface area contributed by atoms with Crippen molar-refractivity contribution >= 4 is 11.6 Å². The van der Waals surface area contributed by atoms with Crippen LogP contribution in [0.5, 0.6) is 17.2 Å². The summed E-state index contributed by atoms with van der Waals surface area (Å²) in [6.45, 7) is 4.34. The molecule has 1 heterocycles. The molecule has 0 amide bonds. The molecule has 0 atom stereocenters. The van der Waals surface area contributed by atoms with E-state index >= 15 is 0 Å². The van der Waals surface area contributed by atoms with E-state index in [1.165, 1.54) is 0 Å². The smallest absolute Gasteiger partial charge is 0.231 e. The first-order valence-electron chi connectivity index (χ1n) is 7.26. The van der Waals surface area contributed by atoms with Crippen LogP contribution in [0.1, 0.15) is 18.1 Å². The maximum Gasteiger partial charge on any atom is 0.231 e. The Morgan fingerprint density at radius 3 is 2.48 bits per heavy atom. The van der Waals surface area contributed by atoms with E-state index < -0.39 is 0 Å². The molecule has 1 aliphatic rings. The maximum absolute atomic E-state index is 6.18. The van der Waals surface area contributed by atoms with Crippen molar-refractivity contribution in [1.29, 1.82) is 0 Å². The molecule has 0 aliphatic carbocycles. The highest BCUT2D eigenvalue weighted by Gasteiger charge is 2.12. The highest BCUT2D eigenvalue weighted by Crippen LogP contribution is 2.32. The van der Waals surface area contributed by atoms with Crippen LogP contribution in [0.3, 0.4) is 0 Å². The second kappa shape index (κ2) is 8.29. The van der Waals surface area contributed by atoms with Gasteiger partial charge in [-0.25, -0.2) is 0 Å². The van der Waals surface area contributed by atoms with E-state index in [9.17, 15) is 0 Å². The standard InChI is InChI=1S/C17H18ClNO3.ClH/c1-2-20-15-5-3-12(7-14(15)18)9-19-10-13-4-6-16-17(8-13)22-11-21-16;/h3-8,19H,2,9-11H2,1H3;1H/p-1. The molecule has 23 heavy (non-hydrogen) atoms. The van der Waals surface area contributed by atoms with Crippen LogP contribution in [0.25, 0.3) is 0 Å². The average Bonchev–Trinajstić information content (AvgIpc) is 2.98. The average molecular weight is 355 g/mol. The van der Waals surface area contributed by atoms with Gasteiger partial charge in [0.05, 0.1) is 11.6 Å². The Bertz CT molecular complexity index is 664. The van der Waals surface area contributed by atoms with Crippen LogP contribution >= 0.6 is 11.6 Å². The van der Waals surface area contributed by atoms with E-state index in [2.05, 4.69) is 5.32 Å². The van der Waals surface area contributed by atoms with Crippen LogP contribution in [-0.4, -0.2) is 13.4 Å². The van der Waals surface area contributed by atoms with Crippen molar-refractivity contribution in [3.05, 3.63) is 52.5 Å². The van der Waals surface area contributed by atoms with Gasteiger partial charge in [-0.3, -0.25) is 0 Å². The highest BCUT2D eigenvalue weighted by molar-refractivity contribution is 6.32. The fraction of sp³-hybridized carbons (Fsp3) is 0.294. The van der Waals surface area contributed by atoms with E-state index in [0.717, 1.165) is 41.5 Å². The zero-order valence-electron chi connectivity index (χ0n) is 12.8. The summed E-state index contributed by atoms with van der Waals surface area (Å²) in [6.07, 6.45) is 0. The van der Waals surface area contributed by atoms with Crippen LogP contribution in [0, 0.1) is 0 Å². The van der Waals surface area contributed by atoms with Crippen molar-refractivity contribution in [2.24, 2.45) is 0 Å². The lowest BCUT2D eigenvalue weighted by Gasteiger charge is -2.09. The molecule has 0 spiro atoms. The van der Waals surface area contributed by atoms with Gasteiger partial charge in [-0.05, 0) is 42.3 Å². The van der Waals surface area contributed by atoms with Crippen LogP contribution in [0.15, 0.2) is 36.4 Å². The molecule has 0 aromatic heterocycles. The first-order chi connectivity index (χ1) is 10.8. The van der Waals surface area contributed by atoms with Gasteiger partial charge in [-0.1, -0.05) is 23.7 Å². The molecule has 0 saturated carbocycles. The van der Waals surface area contributed by atoms with Crippen LogP contribution in [-0.2, 0) is 13.1 Å². The van der Waals surface area contributed by atoms with Gasteiger partial charge in [-0.2, -0.15) is 0 Å². The first kappa shape index (κ1) is 17.7. The summed E-state index contributed by atoms with van der Waals surface area (Å²) in [4.78, 5) is 0. The Kier molecular flexibility index (Phi) is 6.39. The zero-order valence-corrected chi connectivity index (χ0v) is 14.3. The van der Waals surface area contributed by atoms with E-state index in [1.807, 2.05) is 43.3 Å². The van der Waals surface area contributed by atoms with Crippen molar-refractivity contribution in [1.82, 2.24) is 5.32 Å². The number of halogens is 2. The predicted octanol–water partition coefficient (Wildman–Crippen LogP) is 0.761. The molecule has 4 nitrogen and oxygen atoms in total. The summed E-state index contributed by atoms with van der Waals surface area (Å²) in [6, 6.07) is 11.8. The van der Waals surface area contributed by atoms with Gasteiger partial charge in [0.25, 0.3) is 0 Å². The molecule has 1 aliphatic heterocycles. The molecule has 3 rings (SSSR count). The van der Waals surface area contributed by atoms with Gasteiger partial charge >= 0.3 is 0 Å². The second-order valence-electron chi connectivity index (χ2n) is 4.99. The Labute approximate surface area is 147 Å². The van der Waals surface area contributed by atoms with Crippen molar-refractivity contribution in [3.63, 3.8) is 0 Å². The van der Waals surface area contributed by atoms with Gasteiger partial charge in [-0.15, -0.1) is 0 Å². The highest BCUT2D eigenvalue weighted by atomic mass is 35.5. The van der Waals surface area contributed by atoms with Crippen LogP contribution in [0.4, 0.5) is 0 Å². The van der Waals surface area contributed by atoms with Crippen LogP contribution < -0.4 is 31.9 Å². The molecule has 2 aromatic carbocycles. The predicted molar refractivity (Wildman–Crippen MR) is 85.7 cm³/mol. The number of fused-ring (bicyclic) bond motifs is 1. The quantitative estimate of drug-likeness (QED) is 0.831. The first-order valence-corrected chi connectivity index (χ1v) is 7.64. The lowest BCUT2D eigenvalue weighted by Crippen LogP contribution is -3.00. The largest absolute Gasteiger partial charge is 1.00 e. The van der Waals surface area contributed by atoms with Gasteiger partial charge in [0.1, 0.15) is 5.75 Å². The fourth-order valence-corrected chi connectivity index (χ4v) is 2.59. The van der Waals surface area contributed by atoms with E-state index in [0.29, 0.717) is 18.4 Å². The normalized spacial score (nSPS) is 11.9. The molecule has 2 aromatic rings. The molecule has 0 bridgehead atoms. The Balaban J connectivity index is 0.00000192. The molecule has 0 unspecified atom stereocenters. The Morgan fingerprint density at radius 2 is 1.74 bits per heavy atom. The summed E-state index contributed by atoms with van der Waals surface area (Å²) in [5.74, 6) is 2.34. The number of hydrogen-bond acceptors (Lipinski definition) is 4. The number of ether oxygens (including phenoxy) is 3. The summed E-state index contributed by atoms with van der Waals surface area (Å²) in [5, 5.41) is 4.03. The van der Waals surface area contributed by atoms with Gasteiger partial charge in [0, 0.05) is 13.1 Å². The molecule has 0 radical (unpaired) electrons. The number of rotatable bonds is 6. The minimum atomic E-state index is 0. The Morgan fingerprint density at radius 1 is 1.04 bits per heavy atom. The molecular formula is C17H18Cl2NO3-. The lowest BCUT2D eigenvalue weighted by atomic mass is 10.2. The second-order valence-corrected chi connectivity index (χ2v) is 5.40. The molecule has 0 fully saturated rings. The molecule has 0 saturated heterocycles. The minimum absolute atomic E-state index is 0. The fourth-order valence-electron chi connectivity index (χ4n) is 2.33. The topological polar surface area (TPSA) is 39.7 Å². The zero-order chi connectivity index (χ0) is 15.4. The van der Waals surface area contributed by atoms with Crippen LogP contribution in [0.2, 0.25) is 5.02 Å². The molecule has 124 valence electrons. The maximum atomic E-state index is 6.18. The third kappa shape index (κ3) is 4.44. The number of hydrogen-bond donors (Lipinski definition) is 1. The number of benzene rings is 2. The summed E-state index contributed by atoms with van der Waals surface area (Å²) in [7, 11) is 0. The minimum Gasteiger partial charge on any atom is -1.00 e. The molecule has 1 N–H and O–H groups in total. The van der Waals surface area contributed by atoms with Gasteiger partial charge in [0.2, 0.25) is 6.79 Å². The lowest BCUT2D eigenvalue weighted by molar-refractivity contribution is -0.00000648. The van der Waals surface area contributed by atoms with E-state index in [1.54, 1.807) is 0 Å². The Hall–Kier alpha value is -1.62. The van der Waals surface area contributed by atoms with Gasteiger partial charge in [0.15, 0.2) is 11.5 Å². The van der Waals surface area contributed by atoms with E-state index in [-0.39, 0.29) is 12.4 Å². The summed E-state index contributed by atoms with van der Waals surface area (Å²) >= 11 is 6.18. The third-order valence-electron chi connectivity index (χ3n) is 3.39. The molecule has 6 heteroatoms.